The second kappa shape index (κ2) is 9.57. The van der Waals surface area contributed by atoms with Crippen LogP contribution in [0.3, 0.4) is 0 Å². The third-order valence-corrected chi connectivity index (χ3v) is 9.46. The molecule has 3 aromatic carbocycles. The van der Waals surface area contributed by atoms with Gasteiger partial charge in [0, 0.05) is 5.29 Å². The first-order valence-electron chi connectivity index (χ1n) is 9.75. The molecule has 0 amide bonds. The van der Waals surface area contributed by atoms with Gasteiger partial charge in [0.15, 0.2) is 0 Å². The van der Waals surface area contributed by atoms with Crippen LogP contribution in [0, 0.1) is 0 Å². The summed E-state index contributed by atoms with van der Waals surface area (Å²) in [6.07, 6.45) is 2.72. The molecule has 144 valence electrons. The van der Waals surface area contributed by atoms with E-state index in [1.807, 2.05) is 18.2 Å². The summed E-state index contributed by atoms with van der Waals surface area (Å²) >= 11 is 0. The smallest absolute Gasteiger partial charge is 0.334 e. The minimum absolute atomic E-state index is 0.196. The average Bonchev–Trinajstić information content (AvgIpc) is 2.78. The van der Waals surface area contributed by atoms with Crippen molar-refractivity contribution in [3.05, 3.63) is 91.0 Å². The Hall–Kier alpha value is -2.57. The Kier molecular flexibility index (Phi) is 6.90. The number of carbonyl (C=O) groups excluding carboxylic acids is 1. The Morgan fingerprint density at radius 1 is 0.750 bits per heavy atom. The molecule has 0 unspecified atom stereocenters. The zero-order valence-electron chi connectivity index (χ0n) is 16.5. The van der Waals surface area contributed by atoms with Gasteiger partial charge in [-0.25, -0.2) is 4.79 Å². The van der Waals surface area contributed by atoms with Crippen LogP contribution in [0.25, 0.3) is 0 Å². The number of benzene rings is 3. The summed E-state index contributed by atoms with van der Waals surface area (Å²) in [5.74, 6) is -0.196. The summed E-state index contributed by atoms with van der Waals surface area (Å²) in [6, 6.07) is 31.4. The number of hydrogen-bond donors (Lipinski definition) is 0. The van der Waals surface area contributed by atoms with E-state index in [4.69, 9.17) is 4.74 Å². The lowest BCUT2D eigenvalue weighted by molar-refractivity contribution is -0.132. The standard InChI is InChI=1S/C25H27O2P/c1-3-4-20-24(25(26)27-2)28(21-14-8-5-9-15-21,22-16-10-6-11-17-22)23-18-12-7-13-19-23/h5-19H,3-4,20H2,1-2H3. The molecule has 3 rings (SSSR count). The van der Waals surface area contributed by atoms with E-state index in [0.29, 0.717) is 0 Å². The van der Waals surface area contributed by atoms with Crippen LogP contribution in [-0.4, -0.2) is 18.4 Å². The number of hydrogen-bond acceptors (Lipinski definition) is 2. The number of methoxy groups -OCH3 is 1. The second-order valence-electron chi connectivity index (χ2n) is 6.72. The van der Waals surface area contributed by atoms with E-state index in [9.17, 15) is 4.79 Å². The van der Waals surface area contributed by atoms with Crippen molar-refractivity contribution in [3.63, 3.8) is 0 Å². The molecule has 0 aliphatic carbocycles. The molecule has 0 N–H and O–H groups in total. The highest BCUT2D eigenvalue weighted by atomic mass is 31.2. The van der Waals surface area contributed by atoms with Crippen LogP contribution in [-0.2, 0) is 9.53 Å². The van der Waals surface area contributed by atoms with Gasteiger partial charge in [0.25, 0.3) is 0 Å². The Morgan fingerprint density at radius 3 is 1.46 bits per heavy atom. The maximum Gasteiger partial charge on any atom is 0.334 e. The van der Waals surface area contributed by atoms with Gasteiger partial charge in [-0.15, -0.1) is 0 Å². The van der Waals surface area contributed by atoms with Crippen molar-refractivity contribution in [3.8, 4) is 0 Å². The van der Waals surface area contributed by atoms with Crippen LogP contribution in [0.15, 0.2) is 91.0 Å². The van der Waals surface area contributed by atoms with E-state index < -0.39 is 6.89 Å². The monoisotopic (exact) mass is 390 g/mol. The van der Waals surface area contributed by atoms with Crippen molar-refractivity contribution >= 4 is 34.1 Å². The zero-order valence-corrected chi connectivity index (χ0v) is 17.4. The van der Waals surface area contributed by atoms with Crippen molar-refractivity contribution in [2.45, 2.75) is 26.2 Å². The summed E-state index contributed by atoms with van der Waals surface area (Å²) in [4.78, 5) is 13.2. The minimum atomic E-state index is -2.32. The molecule has 0 saturated carbocycles. The fourth-order valence-corrected chi connectivity index (χ4v) is 8.28. The summed E-state index contributed by atoms with van der Waals surface area (Å²) in [7, 11) is 1.49. The summed E-state index contributed by atoms with van der Waals surface area (Å²) < 4.78 is 5.33. The molecule has 0 radical (unpaired) electrons. The van der Waals surface area contributed by atoms with E-state index in [1.165, 1.54) is 23.0 Å². The average molecular weight is 390 g/mol. The molecular weight excluding hydrogens is 363 g/mol. The van der Waals surface area contributed by atoms with E-state index >= 15 is 0 Å². The van der Waals surface area contributed by atoms with Gasteiger partial charge in [0.05, 0.1) is 7.11 Å². The SMILES string of the molecule is CCCCC(C(=O)OC)=P(c1ccccc1)(c1ccccc1)c1ccccc1. The fourth-order valence-electron chi connectivity index (χ4n) is 3.74. The Morgan fingerprint density at radius 2 is 1.14 bits per heavy atom. The third kappa shape index (κ3) is 3.84. The first-order valence-corrected chi connectivity index (χ1v) is 11.5. The topological polar surface area (TPSA) is 26.3 Å². The quantitative estimate of drug-likeness (QED) is 0.438. The predicted octanol–water partition coefficient (Wildman–Crippen LogP) is 4.52. The molecule has 3 aromatic rings. The lowest BCUT2D eigenvalue weighted by Gasteiger charge is -2.32. The molecule has 3 heteroatoms. The molecular formula is C25H27O2P. The second-order valence-corrected chi connectivity index (χ2v) is 10.1. The van der Waals surface area contributed by atoms with Crippen LogP contribution >= 0.6 is 6.89 Å². The van der Waals surface area contributed by atoms with Crippen LogP contribution < -0.4 is 15.9 Å². The third-order valence-electron chi connectivity index (χ3n) is 5.02. The van der Waals surface area contributed by atoms with Crippen molar-refractivity contribution in [2.75, 3.05) is 7.11 Å². The molecule has 0 bridgehead atoms. The number of esters is 1. The van der Waals surface area contributed by atoms with Crippen LogP contribution in [0.1, 0.15) is 26.2 Å². The molecule has 0 spiro atoms. The van der Waals surface area contributed by atoms with Crippen LogP contribution in [0.2, 0.25) is 0 Å². The van der Waals surface area contributed by atoms with Gasteiger partial charge in [-0.2, -0.15) is 0 Å². The molecule has 0 saturated heterocycles. The molecule has 0 heterocycles. The van der Waals surface area contributed by atoms with Gasteiger partial charge in [-0.1, -0.05) is 104 Å². The van der Waals surface area contributed by atoms with Crippen molar-refractivity contribution in [1.82, 2.24) is 0 Å². The fraction of sp³-hybridized carbons (Fsp3) is 0.200. The maximum atomic E-state index is 13.2. The molecule has 0 aromatic heterocycles. The van der Waals surface area contributed by atoms with Crippen LogP contribution in [0.4, 0.5) is 0 Å². The minimum Gasteiger partial charge on any atom is -0.466 e. The number of rotatable bonds is 7. The van der Waals surface area contributed by atoms with E-state index in [1.54, 1.807) is 0 Å². The van der Waals surface area contributed by atoms with Gasteiger partial charge < -0.3 is 4.74 Å². The molecule has 28 heavy (non-hydrogen) atoms. The molecule has 0 aliphatic heterocycles. The normalized spacial score (nSPS) is 11.1. The first kappa shape index (κ1) is 20.2. The summed E-state index contributed by atoms with van der Waals surface area (Å²) in [6.45, 7) is -0.168. The highest BCUT2D eigenvalue weighted by molar-refractivity contribution is 7.96. The number of ether oxygens (including phenoxy) is 1. The van der Waals surface area contributed by atoms with E-state index in [2.05, 4.69) is 79.7 Å². The lowest BCUT2D eigenvalue weighted by Crippen LogP contribution is -2.34. The Bertz CT molecular complexity index is 844. The van der Waals surface area contributed by atoms with Crippen molar-refractivity contribution in [1.29, 1.82) is 0 Å². The highest BCUT2D eigenvalue weighted by Crippen LogP contribution is 2.47. The Balaban J connectivity index is 2.53. The maximum absolute atomic E-state index is 13.2. The highest BCUT2D eigenvalue weighted by Gasteiger charge is 2.32. The molecule has 2 nitrogen and oxygen atoms in total. The molecule has 0 fully saturated rings. The van der Waals surface area contributed by atoms with Crippen molar-refractivity contribution < 1.29 is 9.53 Å². The number of unbranched alkanes of at least 4 members (excludes halogenated alkanes) is 1. The number of carbonyl (C=O) groups is 1. The first-order chi connectivity index (χ1) is 13.7. The predicted molar refractivity (Wildman–Crippen MR) is 122 cm³/mol. The van der Waals surface area contributed by atoms with Gasteiger partial charge in [0.2, 0.25) is 0 Å². The van der Waals surface area contributed by atoms with Crippen LogP contribution in [0.5, 0.6) is 0 Å². The molecule has 0 aliphatic rings. The Labute approximate surface area is 168 Å². The van der Waals surface area contributed by atoms with E-state index in [0.717, 1.165) is 24.6 Å². The van der Waals surface area contributed by atoms with E-state index in [-0.39, 0.29) is 5.97 Å². The largest absolute Gasteiger partial charge is 0.466 e. The zero-order chi connectivity index (χ0) is 19.8. The van der Waals surface area contributed by atoms with Gasteiger partial charge in [-0.3, -0.25) is 0 Å². The summed E-state index contributed by atoms with van der Waals surface area (Å²) in [5.41, 5.74) is 0. The van der Waals surface area contributed by atoms with Crippen molar-refractivity contribution in [2.24, 2.45) is 0 Å². The van der Waals surface area contributed by atoms with Gasteiger partial charge >= 0.3 is 5.97 Å². The summed E-state index contributed by atoms with van der Waals surface area (Å²) in [5, 5.41) is 4.44. The van der Waals surface area contributed by atoms with Gasteiger partial charge in [0.1, 0.15) is 0 Å². The molecule has 0 atom stereocenters. The lowest BCUT2D eigenvalue weighted by atomic mass is 10.2. The van der Waals surface area contributed by atoms with Gasteiger partial charge in [-0.05, 0) is 35.6 Å².